The Hall–Kier alpha value is -5.47. The number of carbonyl (C=O) groups is 2. The maximum absolute atomic E-state index is 13.1. The number of carboxylic acid groups (broad SMARTS) is 1. The zero-order chi connectivity index (χ0) is 33.7. The highest BCUT2D eigenvalue weighted by molar-refractivity contribution is 6.30. The van der Waals surface area contributed by atoms with Crippen molar-refractivity contribution in [2.75, 3.05) is 0 Å². The van der Waals surface area contributed by atoms with Crippen molar-refractivity contribution in [1.29, 1.82) is 0 Å². The monoisotopic (exact) mass is 670 g/mol. The van der Waals surface area contributed by atoms with Gasteiger partial charge in [-0.25, -0.2) is 9.78 Å². The van der Waals surface area contributed by atoms with Crippen LogP contribution in [0.1, 0.15) is 70.0 Å². The number of ether oxygens (including phenoxy) is 1. The van der Waals surface area contributed by atoms with Gasteiger partial charge in [0.2, 0.25) is 0 Å². The molecule has 9 heteroatoms. The highest BCUT2D eigenvalue weighted by Gasteiger charge is 2.23. The van der Waals surface area contributed by atoms with Crippen molar-refractivity contribution in [2.24, 2.45) is 0 Å². The number of fused-ring (bicyclic) bond motifs is 1. The Balaban J connectivity index is 1.13. The molecule has 2 N–H and O–H groups in total. The van der Waals surface area contributed by atoms with Crippen LogP contribution in [-0.2, 0) is 13.2 Å². The first-order chi connectivity index (χ1) is 23.9. The van der Waals surface area contributed by atoms with E-state index in [9.17, 15) is 14.7 Å². The summed E-state index contributed by atoms with van der Waals surface area (Å²) in [5, 5.41) is 13.2. The quantitative estimate of drug-likeness (QED) is 0.151. The summed E-state index contributed by atoms with van der Waals surface area (Å²) >= 11 is 6.19. The number of halogens is 1. The van der Waals surface area contributed by atoms with Crippen LogP contribution in [0.4, 0.5) is 0 Å². The second kappa shape index (κ2) is 14.3. The lowest BCUT2D eigenvalue weighted by Gasteiger charge is -2.25. The van der Waals surface area contributed by atoms with E-state index in [0.29, 0.717) is 34.4 Å². The predicted octanol–water partition coefficient (Wildman–Crippen LogP) is 9.13. The third-order valence-electron chi connectivity index (χ3n) is 9.11. The standard InChI is InChI=1S/C40H35ClN4O4/c41-32-13-8-27(9-14-32)35-22-29(39(46)43-24-26-18-20-42-21-19-26)6-7-31(35)25-49-34-15-10-28(11-16-34)38-44-36-23-30(40(47)48)12-17-37(36)45(38)33-4-2-1-3-5-33/h6-23,33H,1-5,24-25H2,(H,43,46)(H,47,48). The Morgan fingerprint density at radius 3 is 2.29 bits per heavy atom. The number of nitrogens with zero attached hydrogens (tertiary/aromatic N) is 3. The maximum atomic E-state index is 13.1. The summed E-state index contributed by atoms with van der Waals surface area (Å²) in [4.78, 5) is 33.8. The SMILES string of the molecule is O=C(O)c1ccc2c(c1)nc(-c1ccc(OCc3ccc(C(=O)NCc4ccncc4)cc3-c3ccc(Cl)cc3)cc1)n2C1CCCCC1. The molecule has 0 spiro atoms. The normalized spacial score (nSPS) is 13.3. The lowest BCUT2D eigenvalue weighted by atomic mass is 9.95. The Morgan fingerprint density at radius 2 is 1.55 bits per heavy atom. The van der Waals surface area contributed by atoms with E-state index in [1.807, 2.05) is 84.9 Å². The molecule has 8 nitrogen and oxygen atoms in total. The molecular formula is C40H35ClN4O4. The first-order valence-corrected chi connectivity index (χ1v) is 16.9. The number of carboxylic acids is 1. The van der Waals surface area contributed by atoms with Crippen LogP contribution in [0.3, 0.4) is 0 Å². The van der Waals surface area contributed by atoms with Crippen LogP contribution in [0.15, 0.2) is 109 Å². The molecule has 1 fully saturated rings. The topological polar surface area (TPSA) is 106 Å². The summed E-state index contributed by atoms with van der Waals surface area (Å²) in [7, 11) is 0. The third kappa shape index (κ3) is 7.20. The van der Waals surface area contributed by atoms with Crippen LogP contribution in [0.5, 0.6) is 5.75 Å². The molecule has 246 valence electrons. The fourth-order valence-corrected chi connectivity index (χ4v) is 6.66. The van der Waals surface area contributed by atoms with E-state index in [1.54, 1.807) is 24.5 Å². The summed E-state index contributed by atoms with van der Waals surface area (Å²) in [6.07, 6.45) is 9.11. The van der Waals surface area contributed by atoms with Crippen molar-refractivity contribution in [2.45, 2.75) is 51.3 Å². The number of pyridine rings is 1. The van der Waals surface area contributed by atoms with Gasteiger partial charge in [0, 0.05) is 41.1 Å². The van der Waals surface area contributed by atoms with Crippen molar-refractivity contribution < 1.29 is 19.4 Å². The van der Waals surface area contributed by atoms with Crippen LogP contribution in [0, 0.1) is 0 Å². The number of imidazole rings is 1. The molecule has 0 bridgehead atoms. The lowest BCUT2D eigenvalue weighted by molar-refractivity contribution is 0.0696. The molecule has 1 aliphatic carbocycles. The van der Waals surface area contributed by atoms with Crippen LogP contribution < -0.4 is 10.1 Å². The van der Waals surface area contributed by atoms with Crippen LogP contribution in [-0.4, -0.2) is 31.5 Å². The second-order valence-corrected chi connectivity index (χ2v) is 12.8. The minimum Gasteiger partial charge on any atom is -0.489 e. The molecule has 0 unspecified atom stereocenters. The van der Waals surface area contributed by atoms with Gasteiger partial charge in [0.05, 0.1) is 16.6 Å². The van der Waals surface area contributed by atoms with Gasteiger partial charge >= 0.3 is 5.97 Å². The van der Waals surface area contributed by atoms with Gasteiger partial charge < -0.3 is 19.7 Å². The van der Waals surface area contributed by atoms with Crippen molar-refractivity contribution in [3.63, 3.8) is 0 Å². The van der Waals surface area contributed by atoms with Crippen LogP contribution >= 0.6 is 11.6 Å². The zero-order valence-electron chi connectivity index (χ0n) is 26.8. The van der Waals surface area contributed by atoms with Crippen molar-refractivity contribution in [3.8, 4) is 28.3 Å². The molecule has 1 amide bonds. The second-order valence-electron chi connectivity index (χ2n) is 12.3. The first kappa shape index (κ1) is 32.1. The van der Waals surface area contributed by atoms with E-state index in [4.69, 9.17) is 21.3 Å². The summed E-state index contributed by atoms with van der Waals surface area (Å²) in [5.41, 5.74) is 7.05. The van der Waals surface area contributed by atoms with E-state index in [-0.39, 0.29) is 18.1 Å². The van der Waals surface area contributed by atoms with Gasteiger partial charge in [0.25, 0.3) is 5.91 Å². The smallest absolute Gasteiger partial charge is 0.335 e. The van der Waals surface area contributed by atoms with Gasteiger partial charge in [0.1, 0.15) is 18.2 Å². The number of nitrogens with one attached hydrogen (secondary N) is 1. The summed E-state index contributed by atoms with van der Waals surface area (Å²) < 4.78 is 8.59. The molecule has 4 aromatic carbocycles. The summed E-state index contributed by atoms with van der Waals surface area (Å²) in [6.45, 7) is 0.688. The van der Waals surface area contributed by atoms with Gasteiger partial charge in [-0.3, -0.25) is 9.78 Å². The molecule has 0 atom stereocenters. The van der Waals surface area contributed by atoms with Gasteiger partial charge in [-0.15, -0.1) is 0 Å². The Labute approximate surface area is 289 Å². The maximum Gasteiger partial charge on any atom is 0.335 e. The third-order valence-corrected chi connectivity index (χ3v) is 9.36. The molecule has 1 aliphatic rings. The molecule has 7 rings (SSSR count). The van der Waals surface area contributed by atoms with E-state index in [0.717, 1.165) is 52.0 Å². The van der Waals surface area contributed by atoms with Crippen LogP contribution in [0.2, 0.25) is 5.02 Å². The lowest BCUT2D eigenvalue weighted by Crippen LogP contribution is -2.23. The van der Waals surface area contributed by atoms with Crippen molar-refractivity contribution in [1.82, 2.24) is 19.9 Å². The number of amides is 1. The Kier molecular flexibility index (Phi) is 9.39. The molecule has 0 aliphatic heterocycles. The Morgan fingerprint density at radius 1 is 0.837 bits per heavy atom. The number of rotatable bonds is 10. The first-order valence-electron chi connectivity index (χ1n) is 16.5. The molecule has 2 heterocycles. The molecular weight excluding hydrogens is 636 g/mol. The number of hydrogen-bond acceptors (Lipinski definition) is 5. The summed E-state index contributed by atoms with van der Waals surface area (Å²) in [5.74, 6) is 0.390. The molecule has 49 heavy (non-hydrogen) atoms. The number of carbonyl (C=O) groups excluding carboxylic acids is 1. The highest BCUT2D eigenvalue weighted by atomic mass is 35.5. The minimum absolute atomic E-state index is 0.173. The average molecular weight is 671 g/mol. The van der Waals surface area contributed by atoms with Gasteiger partial charge in [0.15, 0.2) is 0 Å². The largest absolute Gasteiger partial charge is 0.489 e. The Bertz CT molecular complexity index is 2110. The van der Waals surface area contributed by atoms with E-state index in [2.05, 4.69) is 14.9 Å². The number of hydrogen-bond donors (Lipinski definition) is 2. The molecule has 1 saturated carbocycles. The number of benzene rings is 4. The minimum atomic E-state index is -0.963. The van der Waals surface area contributed by atoms with Crippen LogP contribution in [0.25, 0.3) is 33.5 Å². The molecule has 0 saturated heterocycles. The van der Waals surface area contributed by atoms with E-state index >= 15 is 0 Å². The fraction of sp³-hybridized carbons (Fsp3) is 0.200. The fourth-order valence-electron chi connectivity index (χ4n) is 6.53. The number of aromatic nitrogens is 3. The van der Waals surface area contributed by atoms with E-state index in [1.165, 1.54) is 19.3 Å². The molecule has 2 aromatic heterocycles. The van der Waals surface area contributed by atoms with Crippen molar-refractivity contribution >= 4 is 34.5 Å². The van der Waals surface area contributed by atoms with Crippen molar-refractivity contribution in [3.05, 3.63) is 137 Å². The average Bonchev–Trinajstić information content (AvgIpc) is 3.53. The number of aromatic carboxylic acids is 1. The van der Waals surface area contributed by atoms with Gasteiger partial charge in [-0.2, -0.15) is 0 Å². The predicted molar refractivity (Wildman–Crippen MR) is 191 cm³/mol. The summed E-state index contributed by atoms with van der Waals surface area (Å²) in [6, 6.07) is 30.3. The zero-order valence-corrected chi connectivity index (χ0v) is 27.6. The van der Waals surface area contributed by atoms with Gasteiger partial charge in [-0.05, 0) is 114 Å². The molecule has 0 radical (unpaired) electrons. The van der Waals surface area contributed by atoms with Gasteiger partial charge in [-0.1, -0.05) is 49.1 Å². The van der Waals surface area contributed by atoms with E-state index < -0.39 is 5.97 Å². The highest BCUT2D eigenvalue weighted by Crippen LogP contribution is 2.37. The molecule has 6 aromatic rings.